The summed E-state index contributed by atoms with van der Waals surface area (Å²) in [6, 6.07) is 14.6. The first-order chi connectivity index (χ1) is 11.5. The number of fused-ring (bicyclic) bond motifs is 1. The number of para-hydroxylation sites is 1. The molecule has 3 rings (SSSR count). The van der Waals surface area contributed by atoms with Crippen LogP contribution in [0.2, 0.25) is 0 Å². The normalized spacial score (nSPS) is 12.2. The fraction of sp³-hybridized carbons (Fsp3) is 0.263. The lowest BCUT2D eigenvalue weighted by atomic mass is 10.1. The summed E-state index contributed by atoms with van der Waals surface area (Å²) in [5.41, 5.74) is 4.58. The number of hydrogen-bond acceptors (Lipinski definition) is 3. The summed E-state index contributed by atoms with van der Waals surface area (Å²) in [7, 11) is 2.01. The Kier molecular flexibility index (Phi) is 4.83. The molecule has 1 atom stereocenters. The molecule has 2 aromatic carbocycles. The number of hydrogen-bond donors (Lipinski definition) is 1. The van der Waals surface area contributed by atoms with E-state index < -0.39 is 0 Å². The van der Waals surface area contributed by atoms with Crippen LogP contribution < -0.4 is 5.32 Å². The van der Waals surface area contributed by atoms with E-state index in [1.54, 1.807) is 11.3 Å². The molecule has 0 aliphatic carbocycles. The molecular formula is C19H21N3S2. The molecular weight excluding hydrogens is 334 g/mol. The Morgan fingerprint density at radius 3 is 2.67 bits per heavy atom. The van der Waals surface area contributed by atoms with E-state index in [0.29, 0.717) is 5.11 Å². The Balaban J connectivity index is 1.78. The molecule has 0 unspecified atom stereocenters. The van der Waals surface area contributed by atoms with E-state index >= 15 is 0 Å². The van der Waals surface area contributed by atoms with Crippen molar-refractivity contribution in [2.24, 2.45) is 0 Å². The highest BCUT2D eigenvalue weighted by atomic mass is 32.1. The zero-order chi connectivity index (χ0) is 17.3. The number of nitrogens with zero attached hydrogens (tertiary/aromatic N) is 2. The SMILES string of the molecule is Cc1cccc(NC(=S)N(C)[C@H](C)c2nc3ccccc3s2)c1C. The maximum Gasteiger partial charge on any atom is 0.173 e. The third-order valence-electron chi connectivity index (χ3n) is 4.42. The Hall–Kier alpha value is -1.98. The van der Waals surface area contributed by atoms with Gasteiger partial charge in [0, 0.05) is 12.7 Å². The highest BCUT2D eigenvalue weighted by molar-refractivity contribution is 7.80. The lowest BCUT2D eigenvalue weighted by Crippen LogP contribution is -2.33. The van der Waals surface area contributed by atoms with Crippen LogP contribution in [-0.4, -0.2) is 22.0 Å². The van der Waals surface area contributed by atoms with Crippen LogP contribution in [0.4, 0.5) is 5.69 Å². The lowest BCUT2D eigenvalue weighted by Gasteiger charge is -2.27. The van der Waals surface area contributed by atoms with Crippen LogP contribution in [0.1, 0.15) is 29.1 Å². The standard InChI is InChI=1S/C19H21N3S2/c1-12-8-7-10-15(13(12)2)21-19(23)22(4)14(3)18-20-16-9-5-6-11-17(16)24-18/h5-11,14H,1-4H3,(H,21,23)/t14-/m1/s1. The molecule has 0 bridgehead atoms. The minimum atomic E-state index is 0.118. The van der Waals surface area contributed by atoms with E-state index in [-0.39, 0.29) is 6.04 Å². The van der Waals surface area contributed by atoms with Crippen LogP contribution in [0.3, 0.4) is 0 Å². The molecule has 0 aliphatic rings. The van der Waals surface area contributed by atoms with Gasteiger partial charge in [-0.3, -0.25) is 0 Å². The molecule has 0 amide bonds. The summed E-state index contributed by atoms with van der Waals surface area (Å²) < 4.78 is 1.21. The third kappa shape index (κ3) is 3.28. The van der Waals surface area contributed by atoms with Gasteiger partial charge in [-0.15, -0.1) is 11.3 Å². The van der Waals surface area contributed by atoms with Gasteiger partial charge in [-0.2, -0.15) is 0 Å². The van der Waals surface area contributed by atoms with Gasteiger partial charge in [0.05, 0.1) is 16.3 Å². The van der Waals surface area contributed by atoms with E-state index in [0.717, 1.165) is 16.2 Å². The van der Waals surface area contributed by atoms with Gasteiger partial charge < -0.3 is 10.2 Å². The Bertz CT molecular complexity index is 852. The molecule has 0 fully saturated rings. The van der Waals surface area contributed by atoms with Crippen LogP contribution in [0.25, 0.3) is 10.2 Å². The predicted octanol–water partition coefficient (Wildman–Crippen LogP) is 5.30. The van der Waals surface area contributed by atoms with E-state index in [4.69, 9.17) is 17.2 Å². The largest absolute Gasteiger partial charge is 0.343 e. The molecule has 1 N–H and O–H groups in total. The quantitative estimate of drug-likeness (QED) is 0.645. The molecule has 0 aliphatic heterocycles. The van der Waals surface area contributed by atoms with Crippen molar-refractivity contribution in [1.82, 2.24) is 9.88 Å². The number of aromatic nitrogens is 1. The second kappa shape index (κ2) is 6.87. The second-order valence-corrected chi connectivity index (χ2v) is 7.43. The van der Waals surface area contributed by atoms with Crippen molar-refractivity contribution in [2.45, 2.75) is 26.8 Å². The zero-order valence-electron chi connectivity index (χ0n) is 14.3. The minimum Gasteiger partial charge on any atom is -0.343 e. The number of nitrogens with one attached hydrogen (secondary N) is 1. The average molecular weight is 356 g/mol. The molecule has 0 spiro atoms. The van der Waals surface area contributed by atoms with Crippen molar-refractivity contribution < 1.29 is 0 Å². The first-order valence-electron chi connectivity index (χ1n) is 7.93. The van der Waals surface area contributed by atoms with Crippen molar-refractivity contribution in [3.63, 3.8) is 0 Å². The molecule has 0 radical (unpaired) electrons. The number of rotatable bonds is 3. The van der Waals surface area contributed by atoms with Crippen LogP contribution in [-0.2, 0) is 0 Å². The summed E-state index contributed by atoms with van der Waals surface area (Å²) in [4.78, 5) is 6.81. The van der Waals surface area contributed by atoms with Gasteiger partial charge in [-0.25, -0.2) is 4.98 Å². The van der Waals surface area contributed by atoms with Gasteiger partial charge in [0.1, 0.15) is 5.01 Å². The summed E-state index contributed by atoms with van der Waals surface area (Å²) in [6.07, 6.45) is 0. The number of aryl methyl sites for hydroxylation is 1. The number of anilines is 1. The fourth-order valence-electron chi connectivity index (χ4n) is 2.50. The second-order valence-electron chi connectivity index (χ2n) is 5.98. The van der Waals surface area contributed by atoms with E-state index in [1.165, 1.54) is 15.8 Å². The summed E-state index contributed by atoms with van der Waals surface area (Å²) in [5.74, 6) is 0. The van der Waals surface area contributed by atoms with E-state index in [1.807, 2.05) is 25.2 Å². The van der Waals surface area contributed by atoms with Gasteiger partial charge in [0.25, 0.3) is 0 Å². The summed E-state index contributed by atoms with van der Waals surface area (Å²) in [6.45, 7) is 6.35. The minimum absolute atomic E-state index is 0.118. The fourth-order valence-corrected chi connectivity index (χ4v) is 3.83. The summed E-state index contributed by atoms with van der Waals surface area (Å²) >= 11 is 7.33. The number of benzene rings is 2. The summed E-state index contributed by atoms with van der Waals surface area (Å²) in [5, 5.41) is 5.15. The lowest BCUT2D eigenvalue weighted by molar-refractivity contribution is 0.407. The number of thiocarbonyl (C=S) groups is 1. The van der Waals surface area contributed by atoms with Crippen molar-refractivity contribution in [2.75, 3.05) is 12.4 Å². The highest BCUT2D eigenvalue weighted by Crippen LogP contribution is 2.29. The molecule has 1 aromatic heterocycles. The van der Waals surface area contributed by atoms with Gasteiger partial charge >= 0.3 is 0 Å². The Morgan fingerprint density at radius 2 is 1.92 bits per heavy atom. The zero-order valence-corrected chi connectivity index (χ0v) is 16.0. The van der Waals surface area contributed by atoms with Crippen molar-refractivity contribution in [1.29, 1.82) is 0 Å². The maximum absolute atomic E-state index is 5.61. The Morgan fingerprint density at radius 1 is 1.17 bits per heavy atom. The van der Waals surface area contributed by atoms with Gasteiger partial charge in [0.2, 0.25) is 0 Å². The van der Waals surface area contributed by atoms with E-state index in [9.17, 15) is 0 Å². The van der Waals surface area contributed by atoms with Gasteiger partial charge in [-0.1, -0.05) is 24.3 Å². The molecule has 1 heterocycles. The average Bonchev–Trinajstić information content (AvgIpc) is 3.01. The molecule has 0 saturated carbocycles. The van der Waals surface area contributed by atoms with Crippen LogP contribution in [0.5, 0.6) is 0 Å². The number of thiazole rings is 1. The first kappa shape index (κ1) is 16.9. The third-order valence-corrected chi connectivity index (χ3v) is 6.01. The Labute approximate surface area is 152 Å². The smallest absolute Gasteiger partial charge is 0.173 e. The first-order valence-corrected chi connectivity index (χ1v) is 9.15. The van der Waals surface area contributed by atoms with Crippen molar-refractivity contribution >= 4 is 44.6 Å². The monoisotopic (exact) mass is 355 g/mol. The van der Waals surface area contributed by atoms with Gasteiger partial charge in [0.15, 0.2) is 5.11 Å². The van der Waals surface area contributed by atoms with Crippen LogP contribution in [0.15, 0.2) is 42.5 Å². The predicted molar refractivity (Wildman–Crippen MR) is 108 cm³/mol. The van der Waals surface area contributed by atoms with Crippen LogP contribution in [0, 0.1) is 13.8 Å². The molecule has 24 heavy (non-hydrogen) atoms. The van der Waals surface area contributed by atoms with E-state index in [2.05, 4.69) is 55.3 Å². The topological polar surface area (TPSA) is 28.2 Å². The van der Waals surface area contributed by atoms with Crippen molar-refractivity contribution in [3.8, 4) is 0 Å². The molecule has 124 valence electrons. The highest BCUT2D eigenvalue weighted by Gasteiger charge is 2.19. The molecule has 3 aromatic rings. The molecule has 0 saturated heterocycles. The molecule has 5 heteroatoms. The molecule has 3 nitrogen and oxygen atoms in total. The van der Waals surface area contributed by atoms with Crippen LogP contribution >= 0.6 is 23.6 Å². The van der Waals surface area contributed by atoms with Crippen molar-refractivity contribution in [3.05, 3.63) is 58.6 Å². The maximum atomic E-state index is 5.61. The van der Waals surface area contributed by atoms with Gasteiger partial charge in [-0.05, 0) is 62.3 Å².